The molecule has 0 unspecified atom stereocenters. The number of rotatable bonds is 7. The fourth-order valence-electron chi connectivity index (χ4n) is 3.29. The third-order valence-corrected chi connectivity index (χ3v) is 5.50. The van der Waals surface area contributed by atoms with Crippen molar-refractivity contribution in [1.82, 2.24) is 5.43 Å². The number of hydrogen-bond donors (Lipinski definition) is 1. The predicted molar refractivity (Wildman–Crippen MR) is 134 cm³/mol. The molecular weight excluding hydrogens is 551 g/mol. The Morgan fingerprint density at radius 1 is 1.03 bits per heavy atom. The second-order valence-corrected chi connectivity index (χ2v) is 8.72. The normalized spacial score (nSPS) is 12.0. The molecule has 0 aliphatic carbocycles. The minimum atomic E-state index is -0.509. The van der Waals surface area contributed by atoms with Crippen LogP contribution in [0.25, 0.3) is 0 Å². The standard InChI is InChI=1S/C25H21IN2O6/c1-15-9-19(26)10-16(2)24(15)31-13-23(29)28-27-12-17-3-6-20(7-4-17)34-25(30)18-5-8-21-22(11-18)33-14-32-21/h3-12H,13-14H2,1-2H3,(H,28,29). The monoisotopic (exact) mass is 572 g/mol. The summed E-state index contributed by atoms with van der Waals surface area (Å²) < 4.78 is 22.7. The molecule has 3 aromatic rings. The van der Waals surface area contributed by atoms with E-state index in [1.54, 1.807) is 42.5 Å². The maximum Gasteiger partial charge on any atom is 0.343 e. The smallest absolute Gasteiger partial charge is 0.343 e. The average Bonchev–Trinajstić information content (AvgIpc) is 3.27. The van der Waals surface area contributed by atoms with Gasteiger partial charge in [-0.15, -0.1) is 0 Å². The highest BCUT2D eigenvalue weighted by Crippen LogP contribution is 2.32. The Morgan fingerprint density at radius 3 is 2.47 bits per heavy atom. The van der Waals surface area contributed by atoms with Gasteiger partial charge < -0.3 is 18.9 Å². The Bertz CT molecular complexity index is 1230. The van der Waals surface area contributed by atoms with Crippen molar-refractivity contribution in [2.45, 2.75) is 13.8 Å². The molecule has 9 heteroatoms. The molecule has 34 heavy (non-hydrogen) atoms. The van der Waals surface area contributed by atoms with Crippen LogP contribution in [0.5, 0.6) is 23.0 Å². The van der Waals surface area contributed by atoms with Crippen LogP contribution in [0.4, 0.5) is 0 Å². The summed E-state index contributed by atoms with van der Waals surface area (Å²) in [6.07, 6.45) is 1.49. The predicted octanol–water partition coefficient (Wildman–Crippen LogP) is 4.39. The number of hydrogen-bond acceptors (Lipinski definition) is 7. The summed E-state index contributed by atoms with van der Waals surface area (Å²) in [6.45, 7) is 3.87. The largest absolute Gasteiger partial charge is 0.483 e. The van der Waals surface area contributed by atoms with Gasteiger partial charge in [-0.2, -0.15) is 5.10 Å². The highest BCUT2D eigenvalue weighted by atomic mass is 127. The SMILES string of the molecule is Cc1cc(I)cc(C)c1OCC(=O)NN=Cc1ccc(OC(=O)c2ccc3c(c2)OCO3)cc1. The molecule has 4 rings (SSSR count). The van der Waals surface area contributed by atoms with Crippen molar-refractivity contribution in [2.75, 3.05) is 13.4 Å². The van der Waals surface area contributed by atoms with Crippen LogP contribution in [0.2, 0.25) is 0 Å². The van der Waals surface area contributed by atoms with E-state index < -0.39 is 5.97 Å². The van der Waals surface area contributed by atoms with Crippen LogP contribution in [0.3, 0.4) is 0 Å². The van der Waals surface area contributed by atoms with E-state index in [0.717, 1.165) is 14.7 Å². The number of halogens is 1. The minimum absolute atomic E-state index is 0.135. The lowest BCUT2D eigenvalue weighted by atomic mass is 10.1. The van der Waals surface area contributed by atoms with E-state index in [9.17, 15) is 9.59 Å². The molecule has 1 amide bonds. The summed E-state index contributed by atoms with van der Waals surface area (Å²) >= 11 is 2.24. The zero-order valence-corrected chi connectivity index (χ0v) is 20.6. The molecule has 8 nitrogen and oxygen atoms in total. The van der Waals surface area contributed by atoms with Crippen molar-refractivity contribution in [3.63, 3.8) is 0 Å². The molecule has 174 valence electrons. The number of amides is 1. The fraction of sp³-hybridized carbons (Fsp3) is 0.160. The van der Waals surface area contributed by atoms with Crippen LogP contribution in [0, 0.1) is 17.4 Å². The van der Waals surface area contributed by atoms with Gasteiger partial charge in [-0.3, -0.25) is 4.79 Å². The number of aryl methyl sites for hydroxylation is 2. The molecule has 1 heterocycles. The van der Waals surface area contributed by atoms with Crippen LogP contribution in [-0.4, -0.2) is 31.5 Å². The van der Waals surface area contributed by atoms with E-state index in [2.05, 4.69) is 33.1 Å². The van der Waals surface area contributed by atoms with Crippen molar-refractivity contribution >= 4 is 40.7 Å². The number of carbonyl (C=O) groups excluding carboxylic acids is 2. The van der Waals surface area contributed by atoms with Crippen LogP contribution < -0.4 is 24.4 Å². The van der Waals surface area contributed by atoms with Gasteiger partial charge in [0.25, 0.3) is 5.91 Å². The zero-order valence-electron chi connectivity index (χ0n) is 18.5. The van der Waals surface area contributed by atoms with Crippen molar-refractivity contribution in [3.05, 3.63) is 80.4 Å². The molecule has 0 saturated carbocycles. The highest BCUT2D eigenvalue weighted by Gasteiger charge is 2.17. The summed E-state index contributed by atoms with van der Waals surface area (Å²) in [4.78, 5) is 24.4. The lowest BCUT2D eigenvalue weighted by Gasteiger charge is -2.11. The maximum absolute atomic E-state index is 12.4. The highest BCUT2D eigenvalue weighted by molar-refractivity contribution is 14.1. The summed E-state index contributed by atoms with van der Waals surface area (Å²) in [5.41, 5.74) is 5.45. The van der Waals surface area contributed by atoms with Gasteiger partial charge in [0.1, 0.15) is 11.5 Å². The van der Waals surface area contributed by atoms with Gasteiger partial charge in [-0.05, 0) is 108 Å². The summed E-state index contributed by atoms with van der Waals surface area (Å²) in [7, 11) is 0. The van der Waals surface area contributed by atoms with Gasteiger partial charge >= 0.3 is 5.97 Å². The topological polar surface area (TPSA) is 95.5 Å². The molecule has 0 fully saturated rings. The Morgan fingerprint density at radius 2 is 1.74 bits per heavy atom. The van der Waals surface area contributed by atoms with Gasteiger partial charge in [0.15, 0.2) is 18.1 Å². The fourth-order valence-corrected chi connectivity index (χ4v) is 4.22. The van der Waals surface area contributed by atoms with Gasteiger partial charge in [0.05, 0.1) is 11.8 Å². The molecule has 1 aliphatic heterocycles. The quantitative estimate of drug-likeness (QED) is 0.149. The van der Waals surface area contributed by atoms with Crippen LogP contribution in [-0.2, 0) is 4.79 Å². The molecule has 1 N–H and O–H groups in total. The van der Waals surface area contributed by atoms with E-state index in [-0.39, 0.29) is 19.3 Å². The first kappa shape index (κ1) is 23.6. The van der Waals surface area contributed by atoms with Crippen LogP contribution >= 0.6 is 22.6 Å². The van der Waals surface area contributed by atoms with Gasteiger partial charge in [-0.25, -0.2) is 10.2 Å². The van der Waals surface area contributed by atoms with E-state index in [0.29, 0.717) is 34.1 Å². The van der Waals surface area contributed by atoms with Gasteiger partial charge in [-0.1, -0.05) is 0 Å². The van der Waals surface area contributed by atoms with Gasteiger partial charge in [0.2, 0.25) is 6.79 Å². The second kappa shape index (κ2) is 10.6. The Kier molecular flexibility index (Phi) is 7.31. The van der Waals surface area contributed by atoms with Crippen LogP contribution in [0.1, 0.15) is 27.0 Å². The summed E-state index contributed by atoms with van der Waals surface area (Å²) in [5, 5.41) is 3.94. The van der Waals surface area contributed by atoms with Crippen molar-refractivity contribution in [1.29, 1.82) is 0 Å². The van der Waals surface area contributed by atoms with Crippen molar-refractivity contribution in [2.24, 2.45) is 5.10 Å². The second-order valence-electron chi connectivity index (χ2n) is 7.48. The molecule has 0 bridgehead atoms. The number of fused-ring (bicyclic) bond motifs is 1. The Hall–Kier alpha value is -3.60. The molecule has 0 aromatic heterocycles. The number of benzene rings is 3. The lowest BCUT2D eigenvalue weighted by Crippen LogP contribution is -2.25. The lowest BCUT2D eigenvalue weighted by molar-refractivity contribution is -0.123. The third-order valence-electron chi connectivity index (χ3n) is 4.87. The van der Waals surface area contributed by atoms with E-state index in [1.807, 2.05) is 26.0 Å². The van der Waals surface area contributed by atoms with Crippen molar-refractivity contribution < 1.29 is 28.5 Å². The number of nitrogens with zero attached hydrogens (tertiary/aromatic N) is 1. The van der Waals surface area contributed by atoms with Crippen LogP contribution in [0.15, 0.2) is 59.7 Å². The average molecular weight is 572 g/mol. The molecule has 0 saturated heterocycles. The summed E-state index contributed by atoms with van der Waals surface area (Å²) in [6, 6.07) is 15.6. The molecule has 0 atom stereocenters. The number of hydrazone groups is 1. The molecule has 0 spiro atoms. The van der Waals surface area contributed by atoms with E-state index in [1.165, 1.54) is 6.21 Å². The Labute approximate surface area is 210 Å². The number of carbonyl (C=O) groups is 2. The van der Waals surface area contributed by atoms with Crippen molar-refractivity contribution in [3.8, 4) is 23.0 Å². The first-order valence-electron chi connectivity index (χ1n) is 10.3. The van der Waals surface area contributed by atoms with E-state index >= 15 is 0 Å². The first-order chi connectivity index (χ1) is 16.4. The molecule has 3 aromatic carbocycles. The van der Waals surface area contributed by atoms with Gasteiger partial charge in [0, 0.05) is 3.57 Å². The summed E-state index contributed by atoms with van der Waals surface area (Å²) in [5.74, 6) is 1.30. The number of nitrogens with one attached hydrogen (secondary N) is 1. The minimum Gasteiger partial charge on any atom is -0.483 e. The zero-order chi connectivity index (χ0) is 24.1. The number of ether oxygens (including phenoxy) is 4. The number of esters is 1. The maximum atomic E-state index is 12.4. The van der Waals surface area contributed by atoms with E-state index in [4.69, 9.17) is 18.9 Å². The third kappa shape index (κ3) is 5.84. The molecule has 1 aliphatic rings. The molecule has 0 radical (unpaired) electrons. The first-order valence-corrected chi connectivity index (χ1v) is 11.4. The Balaban J connectivity index is 1.26. The molecular formula is C25H21IN2O6.